The lowest BCUT2D eigenvalue weighted by molar-refractivity contribution is -0.0771. The molecule has 0 bridgehead atoms. The SMILES string of the molecule is C1CSCC2(C1)CNCC1COCCN12. The van der Waals surface area contributed by atoms with Gasteiger partial charge in [-0.15, -0.1) is 0 Å². The van der Waals surface area contributed by atoms with Gasteiger partial charge in [0.15, 0.2) is 0 Å². The molecule has 2 unspecified atom stereocenters. The van der Waals surface area contributed by atoms with Crippen LogP contribution in [0.5, 0.6) is 0 Å². The van der Waals surface area contributed by atoms with Crippen molar-refractivity contribution in [3.63, 3.8) is 0 Å². The molecule has 3 fully saturated rings. The van der Waals surface area contributed by atoms with Crippen LogP contribution in [0.25, 0.3) is 0 Å². The van der Waals surface area contributed by atoms with E-state index in [4.69, 9.17) is 4.74 Å². The highest BCUT2D eigenvalue weighted by Gasteiger charge is 2.45. The lowest BCUT2D eigenvalue weighted by atomic mass is 9.88. The second kappa shape index (κ2) is 4.24. The molecule has 0 amide bonds. The molecule has 1 spiro atoms. The van der Waals surface area contributed by atoms with E-state index in [1.165, 1.54) is 30.9 Å². The Morgan fingerprint density at radius 2 is 2.47 bits per heavy atom. The summed E-state index contributed by atoms with van der Waals surface area (Å²) in [5.74, 6) is 2.67. The first-order valence-electron chi connectivity index (χ1n) is 6.04. The van der Waals surface area contributed by atoms with Gasteiger partial charge in [-0.3, -0.25) is 4.90 Å². The summed E-state index contributed by atoms with van der Waals surface area (Å²) in [6.45, 7) is 5.32. The summed E-state index contributed by atoms with van der Waals surface area (Å²) < 4.78 is 5.58. The van der Waals surface area contributed by atoms with E-state index >= 15 is 0 Å². The second-order valence-corrected chi connectivity index (χ2v) is 6.04. The Morgan fingerprint density at radius 1 is 1.47 bits per heavy atom. The molecule has 3 rings (SSSR count). The summed E-state index contributed by atoms with van der Waals surface area (Å²) in [6.07, 6.45) is 2.76. The molecule has 1 N–H and O–H groups in total. The molecule has 3 saturated heterocycles. The zero-order chi connectivity index (χ0) is 10.1. The maximum atomic E-state index is 5.58. The number of rotatable bonds is 0. The van der Waals surface area contributed by atoms with Crippen molar-refractivity contribution in [1.29, 1.82) is 0 Å². The summed E-state index contributed by atoms with van der Waals surface area (Å²) in [7, 11) is 0. The van der Waals surface area contributed by atoms with E-state index in [2.05, 4.69) is 22.0 Å². The maximum absolute atomic E-state index is 5.58. The van der Waals surface area contributed by atoms with Crippen molar-refractivity contribution in [3.8, 4) is 0 Å². The van der Waals surface area contributed by atoms with Crippen molar-refractivity contribution in [1.82, 2.24) is 10.2 Å². The third kappa shape index (κ3) is 1.82. The Kier molecular flexibility index (Phi) is 2.94. The normalized spacial score (nSPS) is 42.8. The van der Waals surface area contributed by atoms with Crippen molar-refractivity contribution in [2.45, 2.75) is 24.4 Å². The molecule has 3 aliphatic heterocycles. The van der Waals surface area contributed by atoms with Crippen molar-refractivity contribution in [2.24, 2.45) is 0 Å². The van der Waals surface area contributed by atoms with Crippen molar-refractivity contribution >= 4 is 11.8 Å². The molecule has 0 radical (unpaired) electrons. The van der Waals surface area contributed by atoms with Crippen molar-refractivity contribution < 1.29 is 4.74 Å². The highest BCUT2D eigenvalue weighted by Crippen LogP contribution is 2.35. The first-order valence-corrected chi connectivity index (χ1v) is 7.19. The molecule has 86 valence electrons. The fraction of sp³-hybridized carbons (Fsp3) is 1.00. The summed E-state index contributed by atoms with van der Waals surface area (Å²) >= 11 is 2.13. The van der Waals surface area contributed by atoms with Gasteiger partial charge in [-0.1, -0.05) is 0 Å². The summed E-state index contributed by atoms with van der Waals surface area (Å²) in [6, 6.07) is 0.631. The first kappa shape index (κ1) is 10.4. The van der Waals surface area contributed by atoms with E-state index in [-0.39, 0.29) is 0 Å². The molecular formula is C11H20N2OS. The number of piperazine rings is 1. The van der Waals surface area contributed by atoms with Gasteiger partial charge in [0.2, 0.25) is 0 Å². The topological polar surface area (TPSA) is 24.5 Å². The van der Waals surface area contributed by atoms with Crippen LogP contribution in [0.2, 0.25) is 0 Å². The molecule has 3 aliphatic rings. The van der Waals surface area contributed by atoms with Crippen LogP contribution in [0.4, 0.5) is 0 Å². The van der Waals surface area contributed by atoms with E-state index in [9.17, 15) is 0 Å². The highest BCUT2D eigenvalue weighted by atomic mass is 32.2. The summed E-state index contributed by atoms with van der Waals surface area (Å²) in [5, 5.41) is 3.61. The van der Waals surface area contributed by atoms with Crippen LogP contribution in [-0.4, -0.2) is 60.8 Å². The molecular weight excluding hydrogens is 208 g/mol. The Labute approximate surface area is 95.9 Å². The molecule has 15 heavy (non-hydrogen) atoms. The highest BCUT2D eigenvalue weighted by molar-refractivity contribution is 7.99. The predicted molar refractivity (Wildman–Crippen MR) is 63.5 cm³/mol. The van der Waals surface area contributed by atoms with Crippen molar-refractivity contribution in [2.75, 3.05) is 44.4 Å². The van der Waals surface area contributed by atoms with Gasteiger partial charge in [0.05, 0.1) is 13.2 Å². The number of ether oxygens (including phenoxy) is 1. The first-order chi connectivity index (χ1) is 7.41. The predicted octanol–water partition coefficient (Wildman–Crippen LogP) is 0.556. The molecule has 0 aromatic carbocycles. The van der Waals surface area contributed by atoms with Gasteiger partial charge >= 0.3 is 0 Å². The van der Waals surface area contributed by atoms with Crippen LogP contribution in [-0.2, 0) is 4.74 Å². The van der Waals surface area contributed by atoms with Crippen LogP contribution in [0.1, 0.15) is 12.8 Å². The van der Waals surface area contributed by atoms with E-state index in [1.807, 2.05) is 0 Å². The van der Waals surface area contributed by atoms with E-state index < -0.39 is 0 Å². The fourth-order valence-corrected chi connectivity index (χ4v) is 4.51. The monoisotopic (exact) mass is 228 g/mol. The van der Waals surface area contributed by atoms with Gasteiger partial charge in [-0.05, 0) is 18.6 Å². The zero-order valence-corrected chi connectivity index (χ0v) is 10.0. The molecule has 2 atom stereocenters. The number of thioether (sulfide) groups is 1. The molecule has 0 aromatic rings. The number of nitrogens with zero attached hydrogens (tertiary/aromatic N) is 1. The third-order valence-corrected chi connectivity index (χ3v) is 5.29. The van der Waals surface area contributed by atoms with E-state index in [0.717, 1.165) is 26.3 Å². The summed E-state index contributed by atoms with van der Waals surface area (Å²) in [4.78, 5) is 2.75. The lowest BCUT2D eigenvalue weighted by Gasteiger charge is -2.54. The van der Waals surface area contributed by atoms with E-state index in [1.54, 1.807) is 0 Å². The van der Waals surface area contributed by atoms with Crippen LogP contribution >= 0.6 is 11.8 Å². The zero-order valence-electron chi connectivity index (χ0n) is 9.21. The number of fused-ring (bicyclic) bond motifs is 2. The Hall–Kier alpha value is 0.230. The van der Waals surface area contributed by atoms with E-state index in [0.29, 0.717) is 11.6 Å². The minimum atomic E-state index is 0.454. The number of hydrogen-bond acceptors (Lipinski definition) is 4. The number of nitrogens with one attached hydrogen (secondary N) is 1. The van der Waals surface area contributed by atoms with Crippen LogP contribution in [0.3, 0.4) is 0 Å². The van der Waals surface area contributed by atoms with Crippen LogP contribution in [0.15, 0.2) is 0 Å². The van der Waals surface area contributed by atoms with Crippen molar-refractivity contribution in [3.05, 3.63) is 0 Å². The standard InChI is InChI=1S/C11H20N2OS/c1-2-11(9-15-5-1)8-12-6-10-7-14-4-3-13(10)11/h10,12H,1-9H2. The Bertz CT molecular complexity index is 223. The molecule has 0 aromatic heterocycles. The van der Waals surface area contributed by atoms with Crippen LogP contribution < -0.4 is 5.32 Å². The number of hydrogen-bond donors (Lipinski definition) is 1. The van der Waals surface area contributed by atoms with Gasteiger partial charge in [-0.2, -0.15) is 11.8 Å². The maximum Gasteiger partial charge on any atom is 0.0635 e. The molecule has 0 aliphatic carbocycles. The molecule has 3 heterocycles. The quantitative estimate of drug-likeness (QED) is 0.655. The lowest BCUT2D eigenvalue weighted by Crippen LogP contribution is -2.70. The van der Waals surface area contributed by atoms with Gasteiger partial charge in [0, 0.05) is 37.0 Å². The molecule has 3 nitrogen and oxygen atoms in total. The smallest absolute Gasteiger partial charge is 0.0635 e. The summed E-state index contributed by atoms with van der Waals surface area (Å²) in [5.41, 5.74) is 0.454. The second-order valence-electron chi connectivity index (χ2n) is 4.93. The largest absolute Gasteiger partial charge is 0.378 e. The van der Waals surface area contributed by atoms with Gasteiger partial charge < -0.3 is 10.1 Å². The average Bonchev–Trinajstić information content (AvgIpc) is 2.31. The Morgan fingerprint density at radius 3 is 3.33 bits per heavy atom. The molecule has 4 heteroatoms. The fourth-order valence-electron chi connectivity index (χ4n) is 3.22. The minimum Gasteiger partial charge on any atom is -0.378 e. The molecule has 0 saturated carbocycles. The number of morpholine rings is 1. The van der Waals surface area contributed by atoms with Gasteiger partial charge in [0.25, 0.3) is 0 Å². The van der Waals surface area contributed by atoms with Gasteiger partial charge in [0.1, 0.15) is 0 Å². The average molecular weight is 228 g/mol. The minimum absolute atomic E-state index is 0.454. The van der Waals surface area contributed by atoms with Crippen LogP contribution in [0, 0.1) is 0 Å². The van der Waals surface area contributed by atoms with Gasteiger partial charge in [-0.25, -0.2) is 0 Å². The Balaban J connectivity index is 1.79. The third-order valence-electron chi connectivity index (χ3n) is 3.97.